The number of halogens is 1. The summed E-state index contributed by atoms with van der Waals surface area (Å²) in [5, 5.41) is 13.4. The molecule has 1 amide bonds. The molecule has 2 aromatic carbocycles. The van der Waals surface area contributed by atoms with Gasteiger partial charge in [-0.1, -0.05) is 23.7 Å². The number of β-amino-alcohol motifs (C(OH)–C–C–N with tert-alkyl or cyclic N) is 1. The van der Waals surface area contributed by atoms with Crippen LogP contribution in [0.3, 0.4) is 0 Å². The van der Waals surface area contributed by atoms with E-state index in [0.29, 0.717) is 36.0 Å². The second-order valence-electron chi connectivity index (χ2n) is 6.67. The van der Waals surface area contributed by atoms with E-state index in [0.717, 1.165) is 16.9 Å². The van der Waals surface area contributed by atoms with Gasteiger partial charge in [0, 0.05) is 41.1 Å². The smallest absolute Gasteiger partial charge is 0.253 e. The Morgan fingerprint density at radius 3 is 2.54 bits per heavy atom. The summed E-state index contributed by atoms with van der Waals surface area (Å²) in [6, 6.07) is 16.4. The van der Waals surface area contributed by atoms with Gasteiger partial charge in [0.15, 0.2) is 0 Å². The number of nitrogens with zero attached hydrogens (tertiary/aromatic N) is 3. The third-order valence-electron chi connectivity index (χ3n) is 4.63. The molecule has 1 aromatic heterocycles. The number of rotatable bonds is 4. The van der Waals surface area contributed by atoms with Crippen LogP contribution in [0.4, 0.5) is 11.6 Å². The number of anilines is 2. The van der Waals surface area contributed by atoms with Gasteiger partial charge in [0.25, 0.3) is 5.91 Å². The monoisotopic (exact) mass is 394 g/mol. The normalized spacial score (nSPS) is 16.2. The first-order valence-corrected chi connectivity index (χ1v) is 9.40. The maximum atomic E-state index is 12.4. The minimum Gasteiger partial charge on any atom is -0.391 e. The zero-order valence-electron chi connectivity index (χ0n) is 15.0. The van der Waals surface area contributed by atoms with Gasteiger partial charge in [-0.3, -0.25) is 4.79 Å². The highest BCUT2D eigenvalue weighted by molar-refractivity contribution is 6.30. The van der Waals surface area contributed by atoms with Gasteiger partial charge < -0.3 is 15.3 Å². The largest absolute Gasteiger partial charge is 0.391 e. The number of amides is 1. The lowest BCUT2D eigenvalue weighted by molar-refractivity contribution is 0.0765. The van der Waals surface area contributed by atoms with Crippen LogP contribution >= 0.6 is 11.6 Å². The molecule has 2 heterocycles. The highest BCUT2D eigenvalue weighted by Crippen LogP contribution is 2.22. The van der Waals surface area contributed by atoms with Crippen LogP contribution in [0.1, 0.15) is 16.8 Å². The molecule has 1 saturated heterocycles. The van der Waals surface area contributed by atoms with Crippen molar-refractivity contribution >= 4 is 29.1 Å². The van der Waals surface area contributed by atoms with Crippen molar-refractivity contribution in [3.63, 3.8) is 0 Å². The Bertz CT molecular complexity index is 976. The quantitative estimate of drug-likeness (QED) is 0.704. The van der Waals surface area contributed by atoms with Crippen LogP contribution in [0.5, 0.6) is 0 Å². The summed E-state index contributed by atoms with van der Waals surface area (Å²) in [5.41, 5.74) is 3.11. The number of benzene rings is 2. The molecule has 0 aliphatic carbocycles. The van der Waals surface area contributed by atoms with Crippen molar-refractivity contribution in [2.45, 2.75) is 12.5 Å². The average molecular weight is 395 g/mol. The van der Waals surface area contributed by atoms with Gasteiger partial charge in [-0.2, -0.15) is 0 Å². The summed E-state index contributed by atoms with van der Waals surface area (Å²) in [7, 11) is 0. The molecule has 0 bridgehead atoms. The summed E-state index contributed by atoms with van der Waals surface area (Å²) >= 11 is 5.94. The van der Waals surface area contributed by atoms with Crippen LogP contribution in [0.15, 0.2) is 60.8 Å². The van der Waals surface area contributed by atoms with E-state index >= 15 is 0 Å². The predicted octanol–water partition coefficient (Wildman–Crippen LogP) is 3.75. The van der Waals surface area contributed by atoms with Crippen molar-refractivity contribution in [2.24, 2.45) is 0 Å². The zero-order chi connectivity index (χ0) is 19.5. The Kier molecular flexibility index (Phi) is 5.23. The highest BCUT2D eigenvalue weighted by atomic mass is 35.5. The summed E-state index contributed by atoms with van der Waals surface area (Å²) in [5.74, 6) is 0.401. The van der Waals surface area contributed by atoms with Crippen molar-refractivity contribution in [3.8, 4) is 11.3 Å². The Morgan fingerprint density at radius 2 is 1.86 bits per heavy atom. The maximum Gasteiger partial charge on any atom is 0.253 e. The average Bonchev–Trinajstić information content (AvgIpc) is 3.15. The Balaban J connectivity index is 1.46. The fourth-order valence-electron chi connectivity index (χ4n) is 3.13. The molecule has 1 unspecified atom stereocenters. The molecule has 1 atom stereocenters. The van der Waals surface area contributed by atoms with E-state index in [4.69, 9.17) is 11.6 Å². The number of aliphatic hydroxyl groups is 1. The highest BCUT2D eigenvalue weighted by Gasteiger charge is 2.25. The van der Waals surface area contributed by atoms with Crippen LogP contribution in [0.2, 0.25) is 5.02 Å². The number of carbonyl (C=O) groups excluding carboxylic acids is 1. The fraction of sp³-hybridized carbons (Fsp3) is 0.190. The zero-order valence-corrected chi connectivity index (χ0v) is 15.8. The van der Waals surface area contributed by atoms with E-state index in [9.17, 15) is 9.90 Å². The van der Waals surface area contributed by atoms with E-state index in [1.165, 1.54) is 0 Å². The van der Waals surface area contributed by atoms with Gasteiger partial charge >= 0.3 is 0 Å². The van der Waals surface area contributed by atoms with Crippen molar-refractivity contribution in [1.29, 1.82) is 0 Å². The van der Waals surface area contributed by atoms with Gasteiger partial charge in [-0.15, -0.1) is 0 Å². The fourth-order valence-corrected chi connectivity index (χ4v) is 3.26. The lowest BCUT2D eigenvalue weighted by Crippen LogP contribution is -2.29. The van der Waals surface area contributed by atoms with Crippen molar-refractivity contribution in [1.82, 2.24) is 14.9 Å². The third kappa shape index (κ3) is 4.13. The predicted molar refractivity (Wildman–Crippen MR) is 109 cm³/mol. The summed E-state index contributed by atoms with van der Waals surface area (Å²) in [4.78, 5) is 22.9. The SMILES string of the molecule is O=C(c1ccc(Nc2nccc(-c3ccc(Cl)cc3)n2)cc1)N1CCC(O)C1. The van der Waals surface area contributed by atoms with E-state index in [2.05, 4.69) is 15.3 Å². The molecule has 1 aliphatic heterocycles. The van der Waals surface area contributed by atoms with Gasteiger partial charge in [0.1, 0.15) is 0 Å². The molecule has 7 heteroatoms. The minimum absolute atomic E-state index is 0.0657. The number of hydrogen-bond acceptors (Lipinski definition) is 5. The molecular weight excluding hydrogens is 376 g/mol. The van der Waals surface area contributed by atoms with Crippen LogP contribution < -0.4 is 5.32 Å². The molecule has 0 radical (unpaired) electrons. The Morgan fingerprint density at radius 1 is 1.11 bits per heavy atom. The molecule has 0 saturated carbocycles. The molecule has 142 valence electrons. The maximum absolute atomic E-state index is 12.4. The topological polar surface area (TPSA) is 78.4 Å². The lowest BCUT2D eigenvalue weighted by atomic mass is 10.1. The van der Waals surface area contributed by atoms with Gasteiger partial charge in [0.2, 0.25) is 5.95 Å². The van der Waals surface area contributed by atoms with E-state index in [1.807, 2.05) is 42.5 Å². The van der Waals surface area contributed by atoms with Crippen LogP contribution in [0, 0.1) is 0 Å². The second kappa shape index (κ2) is 7.96. The number of aliphatic hydroxyl groups excluding tert-OH is 1. The van der Waals surface area contributed by atoms with Crippen molar-refractivity contribution in [2.75, 3.05) is 18.4 Å². The standard InChI is InChI=1S/C21H19ClN4O2/c22-16-5-1-14(2-6-16)19-9-11-23-21(25-19)24-17-7-3-15(4-8-17)20(28)26-12-10-18(27)13-26/h1-9,11,18,27H,10,12-13H2,(H,23,24,25). The first-order valence-electron chi connectivity index (χ1n) is 9.02. The number of aromatic nitrogens is 2. The number of carbonyl (C=O) groups is 1. The number of hydrogen-bond donors (Lipinski definition) is 2. The summed E-state index contributed by atoms with van der Waals surface area (Å²) < 4.78 is 0. The lowest BCUT2D eigenvalue weighted by Gasteiger charge is -2.15. The molecule has 28 heavy (non-hydrogen) atoms. The third-order valence-corrected chi connectivity index (χ3v) is 4.89. The second-order valence-corrected chi connectivity index (χ2v) is 7.10. The van der Waals surface area contributed by atoms with E-state index in [1.54, 1.807) is 23.2 Å². The first-order chi connectivity index (χ1) is 13.6. The van der Waals surface area contributed by atoms with Crippen LogP contribution in [0.25, 0.3) is 11.3 Å². The van der Waals surface area contributed by atoms with Crippen molar-refractivity contribution < 1.29 is 9.90 Å². The van der Waals surface area contributed by atoms with E-state index in [-0.39, 0.29) is 5.91 Å². The molecular formula is C21H19ClN4O2. The van der Waals surface area contributed by atoms with Crippen molar-refractivity contribution in [3.05, 3.63) is 71.4 Å². The van der Waals surface area contributed by atoms with Crippen LogP contribution in [-0.4, -0.2) is 45.1 Å². The summed E-state index contributed by atoms with van der Waals surface area (Å²) in [6.45, 7) is 0.982. The number of nitrogens with one attached hydrogen (secondary N) is 1. The molecule has 2 N–H and O–H groups in total. The van der Waals surface area contributed by atoms with Gasteiger partial charge in [0.05, 0.1) is 11.8 Å². The molecule has 0 spiro atoms. The number of likely N-dealkylation sites (tertiary alicyclic amines) is 1. The Hall–Kier alpha value is -2.96. The molecule has 4 rings (SSSR count). The molecule has 3 aromatic rings. The molecule has 1 fully saturated rings. The summed E-state index contributed by atoms with van der Waals surface area (Å²) in [6.07, 6.45) is 1.90. The molecule has 6 nitrogen and oxygen atoms in total. The van der Waals surface area contributed by atoms with Gasteiger partial charge in [-0.05, 0) is 48.9 Å². The molecule has 1 aliphatic rings. The van der Waals surface area contributed by atoms with Crippen LogP contribution in [-0.2, 0) is 0 Å². The minimum atomic E-state index is -0.421. The first kappa shape index (κ1) is 18.4. The van der Waals surface area contributed by atoms with E-state index < -0.39 is 6.10 Å². The Labute approximate surface area is 167 Å². The van der Waals surface area contributed by atoms with Gasteiger partial charge in [-0.25, -0.2) is 9.97 Å².